The zero-order valence-corrected chi connectivity index (χ0v) is 29.4. The zero-order valence-electron chi connectivity index (χ0n) is 29.4. The molecule has 5 atom stereocenters. The SMILES string of the molecule is CC.CC.CC12CC=C3C=C4CC(O)CCC4CC[C@]3(O)C1CC=C2c1ccc2ccnc(C(F)F)c2c1.CCCC.CNC. The van der Waals surface area contributed by atoms with Crippen LogP contribution in [0.4, 0.5) is 8.78 Å². The summed E-state index contributed by atoms with van der Waals surface area (Å²) in [7, 11) is 3.75. The summed E-state index contributed by atoms with van der Waals surface area (Å²) >= 11 is 0. The Morgan fingerprint density at radius 1 is 1.00 bits per heavy atom. The van der Waals surface area contributed by atoms with Crippen molar-refractivity contribution in [1.29, 1.82) is 0 Å². The van der Waals surface area contributed by atoms with Gasteiger partial charge >= 0.3 is 0 Å². The van der Waals surface area contributed by atoms with Gasteiger partial charge in [-0.1, -0.05) is 97.2 Å². The molecule has 6 rings (SSSR count). The number of benzene rings is 1. The minimum absolute atomic E-state index is 0.0380. The number of aliphatic hydroxyl groups is 2. The molecule has 1 fully saturated rings. The van der Waals surface area contributed by atoms with Gasteiger partial charge in [0.15, 0.2) is 0 Å². The Hall–Kier alpha value is -2.41. The largest absolute Gasteiger partial charge is 0.393 e. The summed E-state index contributed by atoms with van der Waals surface area (Å²) in [6.07, 6.45) is 13.5. The maximum Gasteiger partial charge on any atom is 0.280 e. The van der Waals surface area contributed by atoms with Crippen molar-refractivity contribution in [3.63, 3.8) is 0 Å². The Morgan fingerprint density at radius 2 is 1.67 bits per heavy atom. The van der Waals surface area contributed by atoms with Crippen LogP contribution in [0.25, 0.3) is 16.3 Å². The van der Waals surface area contributed by atoms with Gasteiger partial charge in [-0.05, 0) is 99.2 Å². The highest BCUT2D eigenvalue weighted by Crippen LogP contribution is 2.61. The van der Waals surface area contributed by atoms with Crippen molar-refractivity contribution in [2.75, 3.05) is 14.1 Å². The van der Waals surface area contributed by atoms with E-state index in [0.29, 0.717) is 17.7 Å². The molecule has 3 N–H and O–H groups in total. The minimum atomic E-state index is -2.62. The number of unbranched alkanes of at least 4 members (excludes halogenated alkanes) is 1. The summed E-state index contributed by atoms with van der Waals surface area (Å²) in [6, 6.07) is 7.55. The molecular formula is C39H60F2N2O2. The van der Waals surface area contributed by atoms with Gasteiger partial charge in [-0.2, -0.15) is 0 Å². The lowest BCUT2D eigenvalue weighted by Crippen LogP contribution is -2.48. The number of allylic oxidation sites excluding steroid dienone is 3. The monoisotopic (exact) mass is 626 g/mol. The van der Waals surface area contributed by atoms with Crippen molar-refractivity contribution in [3.05, 3.63) is 71.1 Å². The number of alkyl halides is 2. The third kappa shape index (κ3) is 8.50. The Bertz CT molecular complexity index is 1300. The van der Waals surface area contributed by atoms with E-state index in [1.54, 1.807) is 6.07 Å². The van der Waals surface area contributed by atoms with E-state index in [-0.39, 0.29) is 23.1 Å². The number of nitrogens with one attached hydrogen (secondary N) is 1. The Balaban J connectivity index is 0.000000569. The molecule has 252 valence electrons. The molecule has 4 aliphatic rings. The number of halogens is 2. The van der Waals surface area contributed by atoms with Crippen LogP contribution in [0.3, 0.4) is 0 Å². The second-order valence-corrected chi connectivity index (χ2v) is 12.4. The number of hydrogen-bond acceptors (Lipinski definition) is 4. The molecule has 0 spiro atoms. The first-order valence-corrected chi connectivity index (χ1v) is 17.4. The lowest BCUT2D eigenvalue weighted by molar-refractivity contribution is -0.0330. The van der Waals surface area contributed by atoms with Gasteiger partial charge in [-0.25, -0.2) is 8.78 Å². The van der Waals surface area contributed by atoms with Crippen molar-refractivity contribution < 1.29 is 19.0 Å². The van der Waals surface area contributed by atoms with Crippen LogP contribution in [0.1, 0.15) is 124 Å². The normalized spacial score (nSPS) is 27.9. The second-order valence-electron chi connectivity index (χ2n) is 12.4. The number of aliphatic hydroxyl groups excluding tert-OH is 1. The van der Waals surface area contributed by atoms with Gasteiger partial charge in [0.25, 0.3) is 6.43 Å². The standard InChI is InChI=1S/C29H31F2NO2.C4H10.C2H7N.2C2H6/c1-28-11-9-21-14-20-15-22(33)5-4-17(20)8-12-29(21,34)25(28)7-6-24(28)19-3-2-18-10-13-32-26(27(30)31)23(18)16-19;1-3-4-2;1-3-2;2*1-2/h2-3,6,9-10,13-14,16-17,22,25,27,33-34H,4-5,7-8,11-12,15H2,1H3;3-4H2,1-2H3;3H,1-2H3;2*1-2H3/t17?,22?,25?,28?,29-;;;;/m1..../s1. The molecule has 0 amide bonds. The van der Waals surface area contributed by atoms with Gasteiger partial charge in [0.1, 0.15) is 5.69 Å². The number of nitrogens with zero attached hydrogens (tertiary/aromatic N) is 1. The average Bonchev–Trinajstić information content (AvgIpc) is 3.34. The molecule has 2 aromatic rings. The maximum atomic E-state index is 13.6. The smallest absolute Gasteiger partial charge is 0.280 e. The van der Waals surface area contributed by atoms with Crippen molar-refractivity contribution in [2.24, 2.45) is 17.3 Å². The molecule has 1 aromatic carbocycles. The third-order valence-electron chi connectivity index (χ3n) is 9.64. The first-order chi connectivity index (χ1) is 21.6. The molecule has 0 saturated heterocycles. The Morgan fingerprint density at radius 3 is 2.29 bits per heavy atom. The number of rotatable bonds is 3. The number of aromatic nitrogens is 1. The van der Waals surface area contributed by atoms with E-state index in [2.05, 4.69) is 49.3 Å². The topological polar surface area (TPSA) is 65.4 Å². The molecule has 4 unspecified atom stereocenters. The third-order valence-corrected chi connectivity index (χ3v) is 9.64. The van der Waals surface area contributed by atoms with E-state index in [0.717, 1.165) is 60.6 Å². The first-order valence-electron chi connectivity index (χ1n) is 17.4. The summed E-state index contributed by atoms with van der Waals surface area (Å²) in [5.74, 6) is 0.482. The van der Waals surface area contributed by atoms with E-state index in [1.807, 2.05) is 60.0 Å². The summed E-state index contributed by atoms with van der Waals surface area (Å²) in [5.41, 5.74) is 3.02. The van der Waals surface area contributed by atoms with Crippen molar-refractivity contribution in [3.8, 4) is 0 Å². The minimum Gasteiger partial charge on any atom is -0.393 e. The maximum absolute atomic E-state index is 13.6. The fraction of sp³-hybridized carbons (Fsp3) is 0.615. The van der Waals surface area contributed by atoms with Gasteiger partial charge in [0.05, 0.1) is 11.7 Å². The van der Waals surface area contributed by atoms with Crippen LogP contribution in [0, 0.1) is 17.3 Å². The molecule has 1 aromatic heterocycles. The molecule has 6 heteroatoms. The predicted molar refractivity (Wildman–Crippen MR) is 187 cm³/mol. The fourth-order valence-corrected chi connectivity index (χ4v) is 7.29. The van der Waals surface area contributed by atoms with Crippen LogP contribution < -0.4 is 5.32 Å². The molecule has 0 radical (unpaired) electrons. The number of fused-ring (bicyclic) bond motifs is 5. The fourth-order valence-electron chi connectivity index (χ4n) is 7.29. The molecule has 4 aliphatic carbocycles. The quantitative estimate of drug-likeness (QED) is 0.317. The van der Waals surface area contributed by atoms with Crippen LogP contribution >= 0.6 is 0 Å². The van der Waals surface area contributed by atoms with E-state index >= 15 is 0 Å². The van der Waals surface area contributed by atoms with E-state index in [1.165, 1.54) is 24.6 Å². The summed E-state index contributed by atoms with van der Waals surface area (Å²) in [6.45, 7) is 14.6. The van der Waals surface area contributed by atoms with Crippen LogP contribution in [0.2, 0.25) is 0 Å². The highest BCUT2D eigenvalue weighted by atomic mass is 19.3. The van der Waals surface area contributed by atoms with Gasteiger partial charge in [-0.15, -0.1) is 0 Å². The number of pyridine rings is 1. The van der Waals surface area contributed by atoms with E-state index in [4.69, 9.17) is 0 Å². The van der Waals surface area contributed by atoms with Crippen molar-refractivity contribution in [2.45, 2.75) is 124 Å². The molecule has 1 saturated carbocycles. The van der Waals surface area contributed by atoms with Gasteiger partial charge in [0, 0.05) is 22.9 Å². The molecule has 4 nitrogen and oxygen atoms in total. The Kier molecular flexibility index (Phi) is 15.6. The van der Waals surface area contributed by atoms with Crippen LogP contribution in [0.5, 0.6) is 0 Å². The van der Waals surface area contributed by atoms with Crippen LogP contribution in [-0.2, 0) is 0 Å². The Labute approximate surface area is 272 Å². The van der Waals surface area contributed by atoms with E-state index < -0.39 is 12.0 Å². The van der Waals surface area contributed by atoms with E-state index in [9.17, 15) is 19.0 Å². The van der Waals surface area contributed by atoms with Crippen LogP contribution in [0.15, 0.2) is 59.8 Å². The predicted octanol–water partition coefficient (Wildman–Crippen LogP) is 10.2. The summed E-state index contributed by atoms with van der Waals surface area (Å²) in [5, 5.41) is 26.4. The first kappa shape index (κ1) is 38.8. The van der Waals surface area contributed by atoms with Crippen molar-refractivity contribution in [1.82, 2.24) is 10.3 Å². The molecule has 0 aliphatic heterocycles. The second kappa shape index (κ2) is 18.1. The summed E-state index contributed by atoms with van der Waals surface area (Å²) in [4.78, 5) is 3.95. The molecule has 0 bridgehead atoms. The van der Waals surface area contributed by atoms with Gasteiger partial charge in [0.2, 0.25) is 0 Å². The average molecular weight is 627 g/mol. The highest BCUT2D eigenvalue weighted by Gasteiger charge is 2.55. The summed E-state index contributed by atoms with van der Waals surface area (Å²) < 4.78 is 27.3. The molecule has 45 heavy (non-hydrogen) atoms. The van der Waals surface area contributed by atoms with Crippen molar-refractivity contribution >= 4 is 16.3 Å². The number of hydrogen-bond donors (Lipinski definition) is 3. The lowest BCUT2D eigenvalue weighted by atomic mass is 9.58. The molecular weight excluding hydrogens is 566 g/mol. The molecule has 1 heterocycles. The van der Waals surface area contributed by atoms with Gasteiger partial charge in [-0.3, -0.25) is 4.98 Å². The van der Waals surface area contributed by atoms with Gasteiger partial charge < -0.3 is 15.5 Å². The van der Waals surface area contributed by atoms with Crippen LogP contribution in [-0.4, -0.2) is 41.0 Å². The zero-order chi connectivity index (χ0) is 33.8. The lowest BCUT2D eigenvalue weighted by Gasteiger charge is -2.48. The highest BCUT2D eigenvalue weighted by molar-refractivity contribution is 5.89.